The van der Waals surface area contributed by atoms with Crippen LogP contribution < -0.4 is 10.6 Å². The zero-order valence-corrected chi connectivity index (χ0v) is 21.3. The van der Waals surface area contributed by atoms with E-state index in [0.717, 1.165) is 24.3 Å². The molecule has 0 bridgehead atoms. The summed E-state index contributed by atoms with van der Waals surface area (Å²) in [6.45, 7) is 8.64. The predicted octanol–water partition coefficient (Wildman–Crippen LogP) is 4.29. The summed E-state index contributed by atoms with van der Waals surface area (Å²) in [4.78, 5) is 24.8. The number of halogens is 1. The van der Waals surface area contributed by atoms with Gasteiger partial charge >= 0.3 is 0 Å². The van der Waals surface area contributed by atoms with E-state index in [1.807, 2.05) is 31.2 Å². The van der Waals surface area contributed by atoms with E-state index in [2.05, 4.69) is 54.3 Å². The Hall–Kier alpha value is -3.82. The van der Waals surface area contributed by atoms with E-state index >= 15 is 0 Å². The second-order valence-corrected chi connectivity index (χ2v) is 9.68. The van der Waals surface area contributed by atoms with Crippen molar-refractivity contribution in [2.45, 2.75) is 45.8 Å². The van der Waals surface area contributed by atoms with E-state index in [1.165, 1.54) is 0 Å². The maximum absolute atomic E-state index is 14.6. The molecule has 1 aliphatic heterocycles. The van der Waals surface area contributed by atoms with E-state index in [0.29, 0.717) is 59.6 Å². The Balaban J connectivity index is 1.29. The quantitative estimate of drug-likeness (QED) is 0.390. The summed E-state index contributed by atoms with van der Waals surface area (Å²) in [5.74, 6) is 2.23. The normalized spacial score (nSPS) is 18.1. The molecule has 0 radical (unpaired) electrons. The van der Waals surface area contributed by atoms with Gasteiger partial charge in [0.05, 0.1) is 0 Å². The number of aromatic nitrogens is 5. The Kier molecular flexibility index (Phi) is 7.43. The highest BCUT2D eigenvalue weighted by Crippen LogP contribution is 2.19. The lowest BCUT2D eigenvalue weighted by Gasteiger charge is -2.36. The van der Waals surface area contributed by atoms with Gasteiger partial charge in [0.1, 0.15) is 29.0 Å². The van der Waals surface area contributed by atoms with E-state index in [-0.39, 0.29) is 5.82 Å². The van der Waals surface area contributed by atoms with Crippen LogP contribution in [0.15, 0.2) is 60.9 Å². The average molecular weight is 499 g/mol. The van der Waals surface area contributed by atoms with Crippen molar-refractivity contribution >= 4 is 11.6 Å². The van der Waals surface area contributed by atoms with Gasteiger partial charge in [-0.15, -0.1) is 0 Å². The monoisotopic (exact) mass is 498 g/mol. The molecule has 0 spiro atoms. The second kappa shape index (κ2) is 11.1. The average Bonchev–Trinajstić information content (AvgIpc) is 2.86. The summed E-state index contributed by atoms with van der Waals surface area (Å²) >= 11 is 0. The Bertz CT molecular complexity index is 1370. The number of anilines is 2. The molecule has 190 valence electrons. The van der Waals surface area contributed by atoms with Gasteiger partial charge in [0.15, 0.2) is 5.82 Å². The lowest BCUT2D eigenvalue weighted by Crippen LogP contribution is -2.53. The van der Waals surface area contributed by atoms with E-state index in [1.54, 1.807) is 36.7 Å². The first-order chi connectivity index (χ1) is 17.9. The molecule has 5 rings (SSSR count). The zero-order valence-electron chi connectivity index (χ0n) is 21.3. The predicted molar refractivity (Wildman–Crippen MR) is 142 cm³/mol. The number of pyridine rings is 1. The molecule has 1 aliphatic rings. The molecule has 4 heterocycles. The van der Waals surface area contributed by atoms with Crippen LogP contribution >= 0.6 is 0 Å². The topological polar surface area (TPSA) is 91.8 Å². The standard InChI is InChI=1S/C28H31FN8/c1-18-5-4-6-24(33-18)28-31-12-10-26(36-28)34-25-9-11-30-27(35-25)14-21-7-8-23(29)22(13-21)17-37-15-19(2)32-20(3)16-37/h4-13,19-20,32H,14-17H2,1-3H3,(H,30,31,34,35,36)/t19-,20+. The van der Waals surface area contributed by atoms with Gasteiger partial charge < -0.3 is 10.6 Å². The molecular weight excluding hydrogens is 467 g/mol. The second-order valence-electron chi connectivity index (χ2n) is 9.68. The first-order valence-electron chi connectivity index (χ1n) is 12.5. The van der Waals surface area contributed by atoms with Crippen molar-refractivity contribution in [3.8, 4) is 11.5 Å². The Morgan fingerprint density at radius 2 is 1.70 bits per heavy atom. The zero-order chi connectivity index (χ0) is 25.8. The molecule has 4 aromatic rings. The first-order valence-corrected chi connectivity index (χ1v) is 12.5. The van der Waals surface area contributed by atoms with Gasteiger partial charge in [-0.1, -0.05) is 18.2 Å². The van der Waals surface area contributed by atoms with Gasteiger partial charge in [0, 0.05) is 61.8 Å². The van der Waals surface area contributed by atoms with Gasteiger partial charge in [0.2, 0.25) is 0 Å². The highest BCUT2D eigenvalue weighted by atomic mass is 19.1. The molecule has 1 fully saturated rings. The third-order valence-electron chi connectivity index (χ3n) is 6.23. The molecule has 8 nitrogen and oxygen atoms in total. The number of piperazine rings is 1. The minimum absolute atomic E-state index is 0.179. The molecule has 2 atom stereocenters. The number of nitrogens with one attached hydrogen (secondary N) is 2. The number of aryl methyl sites for hydroxylation is 1. The Morgan fingerprint density at radius 1 is 0.946 bits per heavy atom. The van der Waals surface area contributed by atoms with Gasteiger partial charge in [-0.25, -0.2) is 29.3 Å². The molecule has 0 unspecified atom stereocenters. The third kappa shape index (κ3) is 6.49. The van der Waals surface area contributed by atoms with E-state index < -0.39 is 0 Å². The highest BCUT2D eigenvalue weighted by Gasteiger charge is 2.22. The largest absolute Gasteiger partial charge is 0.325 e. The number of hydrogen-bond acceptors (Lipinski definition) is 8. The number of nitrogens with zero attached hydrogens (tertiary/aromatic N) is 6. The van der Waals surface area contributed by atoms with Crippen LogP contribution in [0.2, 0.25) is 0 Å². The molecule has 2 N–H and O–H groups in total. The molecule has 0 aliphatic carbocycles. The SMILES string of the molecule is Cc1cccc(-c2nccc(Nc3ccnc(Cc4ccc(F)c(CN5C[C@@H](C)N[C@@H](C)C5)c4)n3)n2)n1. The first kappa shape index (κ1) is 24.9. The number of benzene rings is 1. The third-order valence-corrected chi connectivity index (χ3v) is 6.23. The van der Waals surface area contributed by atoms with Crippen LogP contribution in [0.25, 0.3) is 11.5 Å². The molecule has 3 aromatic heterocycles. The maximum atomic E-state index is 14.6. The van der Waals surface area contributed by atoms with Crippen molar-refractivity contribution in [1.29, 1.82) is 0 Å². The molecule has 1 aromatic carbocycles. The summed E-state index contributed by atoms with van der Waals surface area (Å²) in [5, 5.41) is 6.76. The van der Waals surface area contributed by atoms with Gasteiger partial charge in [0.25, 0.3) is 0 Å². The highest BCUT2D eigenvalue weighted by molar-refractivity contribution is 5.56. The summed E-state index contributed by atoms with van der Waals surface area (Å²) in [7, 11) is 0. The minimum Gasteiger partial charge on any atom is -0.325 e. The lowest BCUT2D eigenvalue weighted by molar-refractivity contribution is 0.165. The molecule has 0 amide bonds. The van der Waals surface area contributed by atoms with Crippen molar-refractivity contribution in [3.05, 3.63) is 89.4 Å². The van der Waals surface area contributed by atoms with Crippen molar-refractivity contribution in [2.24, 2.45) is 0 Å². The van der Waals surface area contributed by atoms with Crippen LogP contribution in [-0.4, -0.2) is 55.0 Å². The van der Waals surface area contributed by atoms with Gasteiger partial charge in [-0.05, 0) is 56.7 Å². The summed E-state index contributed by atoms with van der Waals surface area (Å²) in [5.41, 5.74) is 3.29. The summed E-state index contributed by atoms with van der Waals surface area (Å²) in [6, 6.07) is 15.4. The van der Waals surface area contributed by atoms with E-state index in [4.69, 9.17) is 0 Å². The van der Waals surface area contributed by atoms with Crippen LogP contribution in [0.5, 0.6) is 0 Å². The minimum atomic E-state index is -0.179. The lowest BCUT2D eigenvalue weighted by atomic mass is 10.1. The van der Waals surface area contributed by atoms with E-state index in [9.17, 15) is 4.39 Å². The van der Waals surface area contributed by atoms with Crippen LogP contribution in [0.3, 0.4) is 0 Å². The van der Waals surface area contributed by atoms with Crippen LogP contribution in [0.4, 0.5) is 16.0 Å². The van der Waals surface area contributed by atoms with Gasteiger partial charge in [-0.3, -0.25) is 4.90 Å². The molecule has 1 saturated heterocycles. The number of hydrogen-bond donors (Lipinski definition) is 2. The number of rotatable bonds is 7. The molecule has 9 heteroatoms. The maximum Gasteiger partial charge on any atom is 0.180 e. The van der Waals surface area contributed by atoms with Crippen LogP contribution in [0, 0.1) is 12.7 Å². The van der Waals surface area contributed by atoms with Crippen molar-refractivity contribution < 1.29 is 4.39 Å². The molecule has 0 saturated carbocycles. The smallest absolute Gasteiger partial charge is 0.180 e. The Labute approximate surface area is 216 Å². The fourth-order valence-corrected chi connectivity index (χ4v) is 4.76. The van der Waals surface area contributed by atoms with Gasteiger partial charge in [-0.2, -0.15) is 0 Å². The summed E-state index contributed by atoms with van der Waals surface area (Å²) in [6.07, 6.45) is 3.90. The molecular formula is C28H31FN8. The fraction of sp³-hybridized carbons (Fsp3) is 0.321. The Morgan fingerprint density at radius 3 is 2.49 bits per heavy atom. The summed E-state index contributed by atoms with van der Waals surface area (Å²) < 4.78 is 14.6. The van der Waals surface area contributed by atoms with Crippen molar-refractivity contribution in [2.75, 3.05) is 18.4 Å². The van der Waals surface area contributed by atoms with Crippen LogP contribution in [-0.2, 0) is 13.0 Å². The van der Waals surface area contributed by atoms with Crippen molar-refractivity contribution in [3.63, 3.8) is 0 Å². The fourth-order valence-electron chi connectivity index (χ4n) is 4.76. The van der Waals surface area contributed by atoms with Crippen LogP contribution in [0.1, 0.15) is 36.5 Å². The van der Waals surface area contributed by atoms with Crippen molar-refractivity contribution in [1.82, 2.24) is 35.1 Å². The molecule has 37 heavy (non-hydrogen) atoms.